The molecule has 1 fully saturated rings. The van der Waals surface area contributed by atoms with Crippen LogP contribution in [0.4, 0.5) is 0 Å². The summed E-state index contributed by atoms with van der Waals surface area (Å²) in [5.74, 6) is 0.812. The maximum absolute atomic E-state index is 11.9. The van der Waals surface area contributed by atoms with Crippen molar-refractivity contribution in [3.63, 3.8) is 0 Å². The van der Waals surface area contributed by atoms with Crippen LogP contribution in [0, 0.1) is 5.92 Å². The molecule has 0 aromatic carbocycles. The minimum Gasteiger partial charge on any atom is -0.375 e. The van der Waals surface area contributed by atoms with Crippen molar-refractivity contribution in [1.29, 1.82) is 0 Å². The highest BCUT2D eigenvalue weighted by Crippen LogP contribution is 2.12. The molecule has 0 bridgehead atoms. The third kappa shape index (κ3) is 4.49. The fourth-order valence-electron chi connectivity index (χ4n) is 2.00. The van der Waals surface area contributed by atoms with E-state index in [-0.39, 0.29) is 12.0 Å². The normalized spacial score (nSPS) is 23.2. The maximum atomic E-state index is 11.9. The molecule has 0 aromatic heterocycles. The number of carbonyl (C=O) groups is 1. The average Bonchev–Trinajstić information content (AvgIpc) is 2.26. The van der Waals surface area contributed by atoms with Crippen LogP contribution in [0.3, 0.4) is 0 Å². The first-order valence-corrected chi connectivity index (χ1v) is 6.23. The molecule has 1 saturated heterocycles. The van der Waals surface area contributed by atoms with Gasteiger partial charge in [0.1, 0.15) is 0 Å². The zero-order chi connectivity index (χ0) is 12.0. The maximum Gasteiger partial charge on any atom is 0.222 e. The van der Waals surface area contributed by atoms with Gasteiger partial charge in [-0.2, -0.15) is 0 Å². The van der Waals surface area contributed by atoms with Gasteiger partial charge in [0.05, 0.1) is 12.7 Å². The van der Waals surface area contributed by atoms with Gasteiger partial charge in [-0.3, -0.25) is 4.79 Å². The van der Waals surface area contributed by atoms with Gasteiger partial charge in [0.15, 0.2) is 0 Å². The van der Waals surface area contributed by atoms with Crippen molar-refractivity contribution in [1.82, 2.24) is 4.90 Å². The first-order chi connectivity index (χ1) is 7.63. The molecule has 1 aliphatic heterocycles. The lowest BCUT2D eigenvalue weighted by molar-refractivity contribution is -0.138. The molecule has 2 N–H and O–H groups in total. The lowest BCUT2D eigenvalue weighted by atomic mass is 10.0. The predicted octanol–water partition coefficient (Wildman–Crippen LogP) is 0.999. The van der Waals surface area contributed by atoms with E-state index in [1.165, 1.54) is 0 Å². The number of ether oxygens (including phenoxy) is 1. The van der Waals surface area contributed by atoms with Crippen molar-refractivity contribution in [2.24, 2.45) is 11.7 Å². The number of hydrogen-bond acceptors (Lipinski definition) is 3. The van der Waals surface area contributed by atoms with Gasteiger partial charge in [-0.05, 0) is 32.2 Å². The molecule has 1 rings (SSSR count). The van der Waals surface area contributed by atoms with E-state index in [1.807, 2.05) is 11.8 Å². The van der Waals surface area contributed by atoms with Gasteiger partial charge in [0.25, 0.3) is 0 Å². The highest BCUT2D eigenvalue weighted by Gasteiger charge is 2.21. The number of nitrogens with two attached hydrogens (primary N) is 1. The molecular formula is C12H24N2O2. The second-order valence-electron chi connectivity index (χ2n) is 4.74. The highest BCUT2D eigenvalue weighted by molar-refractivity contribution is 5.76. The van der Waals surface area contributed by atoms with Crippen LogP contribution in [-0.2, 0) is 9.53 Å². The number of carbonyl (C=O) groups excluding carboxylic acids is 1. The van der Waals surface area contributed by atoms with Crippen molar-refractivity contribution in [2.75, 3.05) is 26.2 Å². The topological polar surface area (TPSA) is 55.6 Å². The summed E-state index contributed by atoms with van der Waals surface area (Å²) in [4.78, 5) is 13.8. The second-order valence-corrected chi connectivity index (χ2v) is 4.74. The molecule has 0 aliphatic carbocycles. The number of morpholine rings is 1. The Hall–Kier alpha value is -0.610. The zero-order valence-electron chi connectivity index (χ0n) is 10.4. The van der Waals surface area contributed by atoms with E-state index >= 15 is 0 Å². The largest absolute Gasteiger partial charge is 0.375 e. The van der Waals surface area contributed by atoms with E-state index < -0.39 is 0 Å². The molecule has 0 aromatic rings. The number of hydrogen-bond donors (Lipinski definition) is 1. The Kier molecular flexibility index (Phi) is 5.77. The molecule has 0 spiro atoms. The molecule has 2 unspecified atom stereocenters. The van der Waals surface area contributed by atoms with E-state index in [0.717, 1.165) is 25.9 Å². The molecule has 0 saturated carbocycles. The van der Waals surface area contributed by atoms with Gasteiger partial charge in [-0.25, -0.2) is 0 Å². The quantitative estimate of drug-likeness (QED) is 0.763. The fraction of sp³-hybridized carbons (Fsp3) is 0.917. The van der Waals surface area contributed by atoms with Crippen LogP contribution in [0.5, 0.6) is 0 Å². The van der Waals surface area contributed by atoms with Crippen molar-refractivity contribution < 1.29 is 9.53 Å². The Morgan fingerprint density at radius 1 is 1.56 bits per heavy atom. The Labute approximate surface area is 98.1 Å². The van der Waals surface area contributed by atoms with E-state index in [0.29, 0.717) is 25.5 Å². The van der Waals surface area contributed by atoms with Gasteiger partial charge < -0.3 is 15.4 Å². The van der Waals surface area contributed by atoms with Crippen molar-refractivity contribution >= 4 is 5.91 Å². The van der Waals surface area contributed by atoms with Gasteiger partial charge in [-0.1, -0.05) is 6.92 Å². The summed E-state index contributed by atoms with van der Waals surface area (Å²) in [5.41, 5.74) is 5.48. The molecule has 1 amide bonds. The van der Waals surface area contributed by atoms with E-state index in [1.54, 1.807) is 0 Å². The molecule has 94 valence electrons. The van der Waals surface area contributed by atoms with Crippen LogP contribution in [-0.4, -0.2) is 43.2 Å². The second kappa shape index (κ2) is 6.86. The van der Waals surface area contributed by atoms with Crippen LogP contribution in [0.2, 0.25) is 0 Å². The zero-order valence-corrected chi connectivity index (χ0v) is 10.4. The van der Waals surface area contributed by atoms with Crippen LogP contribution in [0.25, 0.3) is 0 Å². The molecule has 2 atom stereocenters. The smallest absolute Gasteiger partial charge is 0.222 e. The van der Waals surface area contributed by atoms with Crippen molar-refractivity contribution in [2.45, 2.75) is 39.2 Å². The van der Waals surface area contributed by atoms with E-state index in [9.17, 15) is 4.79 Å². The first-order valence-electron chi connectivity index (χ1n) is 6.23. The molecule has 16 heavy (non-hydrogen) atoms. The standard InChI is InChI=1S/C12H24N2O2/c1-10(5-6-13)3-4-12(15)14-7-8-16-11(2)9-14/h10-11H,3-9,13H2,1-2H3. The molecular weight excluding hydrogens is 204 g/mol. The van der Waals surface area contributed by atoms with Crippen LogP contribution in [0.1, 0.15) is 33.1 Å². The molecule has 1 heterocycles. The van der Waals surface area contributed by atoms with E-state index in [4.69, 9.17) is 10.5 Å². The minimum atomic E-state index is 0.180. The summed E-state index contributed by atoms with van der Waals surface area (Å²) in [6, 6.07) is 0. The number of nitrogens with zero attached hydrogens (tertiary/aromatic N) is 1. The summed E-state index contributed by atoms with van der Waals surface area (Å²) in [6.07, 6.45) is 2.78. The minimum absolute atomic E-state index is 0.180. The highest BCUT2D eigenvalue weighted by atomic mass is 16.5. The van der Waals surface area contributed by atoms with Gasteiger partial charge in [-0.15, -0.1) is 0 Å². The summed E-state index contributed by atoms with van der Waals surface area (Å²) in [5, 5.41) is 0. The third-order valence-electron chi connectivity index (χ3n) is 3.10. The van der Waals surface area contributed by atoms with Crippen LogP contribution < -0.4 is 5.73 Å². The van der Waals surface area contributed by atoms with Gasteiger partial charge >= 0.3 is 0 Å². The fourth-order valence-corrected chi connectivity index (χ4v) is 2.00. The van der Waals surface area contributed by atoms with Crippen molar-refractivity contribution in [3.05, 3.63) is 0 Å². The average molecular weight is 228 g/mol. The van der Waals surface area contributed by atoms with Crippen LogP contribution in [0.15, 0.2) is 0 Å². The Bertz CT molecular complexity index is 221. The SMILES string of the molecule is CC(CCN)CCC(=O)N1CCOC(C)C1. The summed E-state index contributed by atoms with van der Waals surface area (Å²) < 4.78 is 5.41. The lowest BCUT2D eigenvalue weighted by Crippen LogP contribution is -2.44. The van der Waals surface area contributed by atoms with Gasteiger partial charge in [0.2, 0.25) is 5.91 Å². The van der Waals surface area contributed by atoms with Crippen molar-refractivity contribution in [3.8, 4) is 0 Å². The monoisotopic (exact) mass is 228 g/mol. The predicted molar refractivity (Wildman–Crippen MR) is 64.1 cm³/mol. The number of rotatable bonds is 5. The lowest BCUT2D eigenvalue weighted by Gasteiger charge is -2.31. The Morgan fingerprint density at radius 3 is 2.94 bits per heavy atom. The summed E-state index contributed by atoms with van der Waals surface area (Å²) in [6.45, 7) is 7.03. The number of amides is 1. The molecule has 4 heteroatoms. The Morgan fingerprint density at radius 2 is 2.31 bits per heavy atom. The third-order valence-corrected chi connectivity index (χ3v) is 3.10. The van der Waals surface area contributed by atoms with E-state index in [2.05, 4.69) is 6.92 Å². The summed E-state index contributed by atoms with van der Waals surface area (Å²) >= 11 is 0. The molecule has 1 aliphatic rings. The van der Waals surface area contributed by atoms with Gasteiger partial charge in [0, 0.05) is 19.5 Å². The van der Waals surface area contributed by atoms with Crippen LogP contribution >= 0.6 is 0 Å². The molecule has 4 nitrogen and oxygen atoms in total. The summed E-state index contributed by atoms with van der Waals surface area (Å²) in [7, 11) is 0. The Balaban J connectivity index is 2.23. The first kappa shape index (κ1) is 13.5. The molecule has 0 radical (unpaired) electrons.